The molecule has 1 N–H and O–H groups in total. The highest BCUT2D eigenvalue weighted by Gasteiger charge is 2.16. The molecule has 0 bridgehead atoms. The minimum atomic E-state index is -3.73. The van der Waals surface area contributed by atoms with E-state index in [1.54, 1.807) is 36.4 Å². The zero-order valence-electron chi connectivity index (χ0n) is 12.8. The van der Waals surface area contributed by atoms with E-state index < -0.39 is 10.0 Å². The van der Waals surface area contributed by atoms with Crippen LogP contribution in [-0.2, 0) is 16.4 Å². The Balaban J connectivity index is 1.75. The molecule has 2 aromatic carbocycles. The van der Waals surface area contributed by atoms with Crippen LogP contribution in [0.1, 0.15) is 18.1 Å². The van der Waals surface area contributed by atoms with Crippen LogP contribution in [0.25, 0.3) is 0 Å². The van der Waals surface area contributed by atoms with E-state index in [1.165, 1.54) is 6.21 Å². The first-order chi connectivity index (χ1) is 11.5. The lowest BCUT2D eigenvalue weighted by Crippen LogP contribution is -2.18. The number of nitrogens with one attached hydrogen (secondary N) is 1. The maximum absolute atomic E-state index is 12.2. The number of rotatable bonds is 5. The SMILES string of the molecule is CCc1ccc(S(=O)(=O)N/N=C/c2cc3c(cc2Cl)OCO3)cc1. The van der Waals surface area contributed by atoms with Crippen LogP contribution in [0, 0.1) is 0 Å². The summed E-state index contributed by atoms with van der Waals surface area (Å²) in [6.45, 7) is 2.13. The molecule has 0 fully saturated rings. The van der Waals surface area contributed by atoms with Crippen molar-refractivity contribution in [2.45, 2.75) is 18.2 Å². The number of hydrogen-bond acceptors (Lipinski definition) is 5. The number of hydrazone groups is 1. The second kappa shape index (κ2) is 6.70. The topological polar surface area (TPSA) is 77.0 Å². The number of aryl methyl sites for hydroxylation is 1. The van der Waals surface area contributed by atoms with Gasteiger partial charge in [-0.15, -0.1) is 0 Å². The largest absolute Gasteiger partial charge is 0.454 e. The van der Waals surface area contributed by atoms with Crippen LogP contribution < -0.4 is 14.3 Å². The van der Waals surface area contributed by atoms with Crippen LogP contribution in [0.2, 0.25) is 5.02 Å². The van der Waals surface area contributed by atoms with Crippen molar-refractivity contribution in [3.63, 3.8) is 0 Å². The molecule has 0 spiro atoms. The van der Waals surface area contributed by atoms with E-state index >= 15 is 0 Å². The summed E-state index contributed by atoms with van der Waals surface area (Å²) in [4.78, 5) is 2.31. The number of fused-ring (bicyclic) bond motifs is 1. The minimum absolute atomic E-state index is 0.132. The Morgan fingerprint density at radius 1 is 1.21 bits per heavy atom. The van der Waals surface area contributed by atoms with Gasteiger partial charge >= 0.3 is 0 Å². The summed E-state index contributed by atoms with van der Waals surface area (Å²) in [5.41, 5.74) is 1.58. The Kier molecular flexibility index (Phi) is 4.64. The summed E-state index contributed by atoms with van der Waals surface area (Å²) < 4.78 is 34.8. The molecule has 0 aliphatic carbocycles. The van der Waals surface area contributed by atoms with Gasteiger partial charge < -0.3 is 9.47 Å². The molecule has 0 saturated carbocycles. The molecule has 1 aliphatic rings. The summed E-state index contributed by atoms with van der Waals surface area (Å²) in [7, 11) is -3.73. The molecule has 0 unspecified atom stereocenters. The van der Waals surface area contributed by atoms with Crippen molar-refractivity contribution < 1.29 is 17.9 Å². The molecular formula is C16H15ClN2O4S. The Morgan fingerprint density at radius 3 is 2.54 bits per heavy atom. The van der Waals surface area contributed by atoms with Crippen LogP contribution in [0.3, 0.4) is 0 Å². The molecule has 0 radical (unpaired) electrons. The first-order valence-electron chi connectivity index (χ1n) is 7.22. The number of sulfonamides is 1. The second-order valence-corrected chi connectivity index (χ2v) is 7.15. The molecule has 24 heavy (non-hydrogen) atoms. The molecule has 1 heterocycles. The molecule has 126 valence electrons. The zero-order valence-corrected chi connectivity index (χ0v) is 14.4. The average Bonchev–Trinajstić information content (AvgIpc) is 3.02. The average molecular weight is 367 g/mol. The molecule has 6 nitrogen and oxygen atoms in total. The smallest absolute Gasteiger partial charge is 0.276 e. The van der Waals surface area contributed by atoms with Crippen LogP contribution in [-0.4, -0.2) is 21.4 Å². The standard InChI is InChI=1S/C16H15ClN2O4S/c1-2-11-3-5-13(6-4-11)24(20,21)19-18-9-12-7-15-16(8-14(12)17)23-10-22-15/h3-9,19H,2,10H2,1H3/b18-9+. The van der Waals surface area contributed by atoms with Crippen molar-refractivity contribution in [2.75, 3.05) is 6.79 Å². The molecule has 3 rings (SSSR count). The molecule has 0 amide bonds. The van der Waals surface area contributed by atoms with Gasteiger partial charge in [0.25, 0.3) is 10.0 Å². The third-order valence-corrected chi connectivity index (χ3v) is 5.08. The fraction of sp³-hybridized carbons (Fsp3) is 0.188. The van der Waals surface area contributed by atoms with Crippen LogP contribution in [0.15, 0.2) is 46.4 Å². The van der Waals surface area contributed by atoms with Gasteiger partial charge in [0.05, 0.1) is 16.1 Å². The summed E-state index contributed by atoms with van der Waals surface area (Å²) >= 11 is 6.10. The van der Waals surface area contributed by atoms with E-state index in [0.29, 0.717) is 22.1 Å². The van der Waals surface area contributed by atoms with Crippen LogP contribution >= 0.6 is 11.6 Å². The van der Waals surface area contributed by atoms with Gasteiger partial charge in [0.2, 0.25) is 6.79 Å². The molecule has 0 aromatic heterocycles. The lowest BCUT2D eigenvalue weighted by Gasteiger charge is -2.05. The van der Waals surface area contributed by atoms with Crippen molar-refractivity contribution in [2.24, 2.45) is 5.10 Å². The summed E-state index contributed by atoms with van der Waals surface area (Å²) in [6, 6.07) is 9.87. The zero-order chi connectivity index (χ0) is 17.2. The van der Waals surface area contributed by atoms with Crippen molar-refractivity contribution in [1.29, 1.82) is 0 Å². The quantitative estimate of drug-likeness (QED) is 0.652. The van der Waals surface area contributed by atoms with Crippen LogP contribution in [0.4, 0.5) is 0 Å². The van der Waals surface area contributed by atoms with Gasteiger partial charge in [0.15, 0.2) is 11.5 Å². The van der Waals surface area contributed by atoms with Gasteiger partial charge in [0, 0.05) is 11.6 Å². The fourth-order valence-electron chi connectivity index (χ4n) is 2.15. The predicted octanol–water partition coefficient (Wildman–Crippen LogP) is 2.94. The molecule has 8 heteroatoms. The molecular weight excluding hydrogens is 352 g/mol. The molecule has 1 aliphatic heterocycles. The van der Waals surface area contributed by atoms with Crippen molar-refractivity contribution >= 4 is 27.8 Å². The van der Waals surface area contributed by atoms with Gasteiger partial charge in [-0.25, -0.2) is 4.83 Å². The highest BCUT2D eigenvalue weighted by Crippen LogP contribution is 2.36. The maximum Gasteiger partial charge on any atom is 0.276 e. The first kappa shape index (κ1) is 16.6. The summed E-state index contributed by atoms with van der Waals surface area (Å²) in [6.07, 6.45) is 2.16. The van der Waals surface area contributed by atoms with E-state index in [2.05, 4.69) is 9.93 Å². The second-order valence-electron chi connectivity index (χ2n) is 5.08. The van der Waals surface area contributed by atoms with E-state index in [-0.39, 0.29) is 11.7 Å². The highest BCUT2D eigenvalue weighted by atomic mass is 35.5. The minimum Gasteiger partial charge on any atom is -0.454 e. The fourth-order valence-corrected chi connectivity index (χ4v) is 3.15. The lowest BCUT2D eigenvalue weighted by molar-refractivity contribution is 0.174. The molecule has 2 aromatic rings. The summed E-state index contributed by atoms with van der Waals surface area (Å²) in [5, 5.41) is 4.16. The summed E-state index contributed by atoms with van der Waals surface area (Å²) in [5.74, 6) is 1.09. The van der Waals surface area contributed by atoms with E-state index in [0.717, 1.165) is 12.0 Å². The molecule has 0 saturated heterocycles. The Morgan fingerprint density at radius 2 is 1.88 bits per heavy atom. The monoisotopic (exact) mass is 366 g/mol. The Bertz CT molecular complexity index is 880. The number of benzene rings is 2. The van der Waals surface area contributed by atoms with Gasteiger partial charge in [0.1, 0.15) is 0 Å². The number of halogens is 1. The lowest BCUT2D eigenvalue weighted by atomic mass is 10.2. The van der Waals surface area contributed by atoms with Gasteiger partial charge in [-0.3, -0.25) is 0 Å². The predicted molar refractivity (Wildman–Crippen MR) is 91.3 cm³/mol. The normalized spacial score (nSPS) is 13.4. The Hall–Kier alpha value is -2.25. The third kappa shape index (κ3) is 3.47. The van der Waals surface area contributed by atoms with Crippen molar-refractivity contribution in [3.05, 3.63) is 52.5 Å². The van der Waals surface area contributed by atoms with Crippen molar-refractivity contribution in [1.82, 2.24) is 4.83 Å². The van der Waals surface area contributed by atoms with Gasteiger partial charge in [-0.05, 0) is 30.2 Å². The van der Waals surface area contributed by atoms with Crippen LogP contribution in [0.5, 0.6) is 11.5 Å². The number of hydrogen-bond donors (Lipinski definition) is 1. The van der Waals surface area contributed by atoms with E-state index in [4.69, 9.17) is 21.1 Å². The number of ether oxygens (including phenoxy) is 2. The number of nitrogens with zero attached hydrogens (tertiary/aromatic N) is 1. The molecule has 0 atom stereocenters. The Labute approximate surface area is 145 Å². The van der Waals surface area contributed by atoms with Crippen molar-refractivity contribution in [3.8, 4) is 11.5 Å². The van der Waals surface area contributed by atoms with E-state index in [1.807, 2.05) is 6.92 Å². The first-order valence-corrected chi connectivity index (χ1v) is 9.08. The van der Waals surface area contributed by atoms with E-state index in [9.17, 15) is 8.42 Å². The van der Waals surface area contributed by atoms with Gasteiger partial charge in [-0.2, -0.15) is 13.5 Å². The highest BCUT2D eigenvalue weighted by molar-refractivity contribution is 7.89. The maximum atomic E-state index is 12.2. The third-order valence-electron chi connectivity index (χ3n) is 3.51. The van der Waals surface area contributed by atoms with Gasteiger partial charge in [-0.1, -0.05) is 30.7 Å².